The van der Waals surface area contributed by atoms with E-state index in [0.29, 0.717) is 26.3 Å². The Morgan fingerprint density at radius 3 is 2.89 bits per heavy atom. The Balaban J connectivity index is 1.39. The van der Waals surface area contributed by atoms with Crippen LogP contribution >= 0.6 is 11.3 Å². The molecule has 36 heavy (non-hydrogen) atoms. The lowest BCUT2D eigenvalue weighted by Crippen LogP contribution is -2.34. The van der Waals surface area contributed by atoms with Crippen molar-refractivity contribution in [3.05, 3.63) is 100 Å². The van der Waals surface area contributed by atoms with E-state index in [4.69, 9.17) is 4.74 Å². The summed E-state index contributed by atoms with van der Waals surface area (Å²) in [5.41, 5.74) is 3.06. The van der Waals surface area contributed by atoms with Gasteiger partial charge in [-0.3, -0.25) is 4.79 Å². The number of amides is 1. The smallest absolute Gasteiger partial charge is 0.246 e. The van der Waals surface area contributed by atoms with Crippen molar-refractivity contribution >= 4 is 33.3 Å². The van der Waals surface area contributed by atoms with Gasteiger partial charge in [-0.05, 0) is 48.2 Å². The van der Waals surface area contributed by atoms with Gasteiger partial charge in [0.15, 0.2) is 0 Å². The quantitative estimate of drug-likeness (QED) is 0.315. The van der Waals surface area contributed by atoms with Crippen molar-refractivity contribution in [2.45, 2.75) is 32.5 Å². The first kappa shape index (κ1) is 24.1. The number of thiophene rings is 1. The molecule has 3 heterocycles. The predicted molar refractivity (Wildman–Crippen MR) is 140 cm³/mol. The number of hydrogen-bond acceptors (Lipinski definition) is 6. The van der Waals surface area contributed by atoms with E-state index < -0.39 is 0 Å². The summed E-state index contributed by atoms with van der Waals surface area (Å²) in [5, 5.41) is 4.61. The summed E-state index contributed by atoms with van der Waals surface area (Å²) >= 11 is 1.62. The average molecular weight is 503 g/mol. The largest absolute Gasteiger partial charge is 0.374 e. The van der Waals surface area contributed by atoms with E-state index in [-0.39, 0.29) is 17.8 Å². The number of halogens is 1. The molecule has 5 rings (SSSR count). The van der Waals surface area contributed by atoms with Gasteiger partial charge >= 0.3 is 0 Å². The molecule has 1 atom stereocenters. The number of rotatable bonds is 8. The van der Waals surface area contributed by atoms with Gasteiger partial charge in [0.1, 0.15) is 22.8 Å². The van der Waals surface area contributed by atoms with Crippen molar-refractivity contribution in [3.8, 4) is 0 Å². The molecule has 0 fully saturated rings. The highest BCUT2D eigenvalue weighted by atomic mass is 32.1. The number of carbonyl (C=O) groups excluding carboxylic acids is 1. The maximum Gasteiger partial charge on any atom is 0.246 e. The lowest BCUT2D eigenvalue weighted by Gasteiger charge is -2.26. The minimum atomic E-state index is -0.273. The average Bonchev–Trinajstić information content (AvgIpc) is 3.27. The van der Waals surface area contributed by atoms with Crippen LogP contribution in [0.2, 0.25) is 0 Å². The molecular weight excluding hydrogens is 475 g/mol. The molecule has 1 N–H and O–H groups in total. The van der Waals surface area contributed by atoms with Gasteiger partial charge < -0.3 is 15.0 Å². The fourth-order valence-corrected chi connectivity index (χ4v) is 5.67. The number of ether oxygens (including phenoxy) is 1. The van der Waals surface area contributed by atoms with Crippen LogP contribution in [0.4, 0.5) is 10.2 Å². The second-order valence-corrected chi connectivity index (χ2v) is 9.75. The Labute approximate surface area is 213 Å². The van der Waals surface area contributed by atoms with Crippen molar-refractivity contribution in [2.75, 3.05) is 18.5 Å². The Morgan fingerprint density at radius 2 is 2.08 bits per heavy atom. The number of anilines is 1. The monoisotopic (exact) mass is 502 g/mol. The zero-order valence-corrected chi connectivity index (χ0v) is 20.8. The molecule has 8 heteroatoms. The molecule has 4 aromatic rings. The summed E-state index contributed by atoms with van der Waals surface area (Å²) in [5.74, 6) is 0.518. The molecule has 2 aromatic heterocycles. The van der Waals surface area contributed by atoms with Gasteiger partial charge in [0.05, 0.1) is 31.2 Å². The van der Waals surface area contributed by atoms with E-state index >= 15 is 0 Å². The normalized spacial score (nSPS) is 14.2. The zero-order chi connectivity index (χ0) is 24.9. The van der Waals surface area contributed by atoms with Crippen molar-refractivity contribution in [3.63, 3.8) is 0 Å². The lowest BCUT2D eigenvalue weighted by molar-refractivity contribution is -0.126. The Bertz CT molecular complexity index is 1390. The van der Waals surface area contributed by atoms with Gasteiger partial charge in [0.25, 0.3) is 0 Å². The minimum absolute atomic E-state index is 0.0321. The predicted octanol–water partition coefficient (Wildman–Crippen LogP) is 5.66. The highest BCUT2D eigenvalue weighted by Crippen LogP contribution is 2.38. The summed E-state index contributed by atoms with van der Waals surface area (Å²) in [4.78, 5) is 25.4. The first-order valence-corrected chi connectivity index (χ1v) is 12.7. The molecule has 0 radical (unpaired) electrons. The van der Waals surface area contributed by atoms with Crippen LogP contribution in [0, 0.1) is 5.82 Å². The Morgan fingerprint density at radius 1 is 1.22 bits per heavy atom. The highest BCUT2D eigenvalue weighted by Gasteiger charge is 2.26. The van der Waals surface area contributed by atoms with Crippen molar-refractivity contribution in [1.82, 2.24) is 14.9 Å². The number of allylic oxidation sites excluding steroid dienone is 1. The van der Waals surface area contributed by atoms with Crippen LogP contribution in [0.25, 0.3) is 10.2 Å². The molecule has 0 saturated heterocycles. The maximum atomic E-state index is 13.6. The van der Waals surface area contributed by atoms with Crippen molar-refractivity contribution in [1.29, 1.82) is 0 Å². The number of benzene rings is 2. The Kier molecular flexibility index (Phi) is 7.34. The van der Waals surface area contributed by atoms with Gasteiger partial charge in [0, 0.05) is 11.4 Å². The first-order valence-electron chi connectivity index (χ1n) is 11.9. The van der Waals surface area contributed by atoms with Crippen LogP contribution in [-0.4, -0.2) is 33.9 Å². The number of fused-ring (bicyclic) bond motifs is 3. The van der Waals surface area contributed by atoms with E-state index in [0.717, 1.165) is 38.5 Å². The molecule has 1 unspecified atom stereocenters. The molecular formula is C28H27FN4O2S. The third-order valence-electron chi connectivity index (χ3n) is 6.21. The van der Waals surface area contributed by atoms with Crippen LogP contribution in [0.1, 0.15) is 34.5 Å². The Hall–Kier alpha value is -3.62. The van der Waals surface area contributed by atoms with E-state index in [1.165, 1.54) is 17.7 Å². The SMILES string of the molecule is CC=CC(=O)N1CCc2c(sc3ncnc(NC(COCc4cccc(F)c4)c4ccccc4)c23)C1. The van der Waals surface area contributed by atoms with Crippen LogP contribution in [0.15, 0.2) is 73.1 Å². The van der Waals surface area contributed by atoms with Gasteiger partial charge in [-0.2, -0.15) is 0 Å². The molecule has 0 bridgehead atoms. The number of hydrogen-bond donors (Lipinski definition) is 1. The highest BCUT2D eigenvalue weighted by molar-refractivity contribution is 7.19. The molecule has 1 aliphatic rings. The summed E-state index contributed by atoms with van der Waals surface area (Å²) < 4.78 is 19.6. The van der Waals surface area contributed by atoms with E-state index in [1.807, 2.05) is 36.1 Å². The molecule has 6 nitrogen and oxygen atoms in total. The molecule has 0 spiro atoms. The topological polar surface area (TPSA) is 67.4 Å². The summed E-state index contributed by atoms with van der Waals surface area (Å²) in [6.45, 7) is 3.79. The standard InChI is InChI=1S/C28H27FN4O2S/c1-2-7-25(34)33-13-12-22-24(15-33)36-28-26(22)27(30-18-31-28)32-23(20-9-4-3-5-10-20)17-35-16-19-8-6-11-21(29)14-19/h2-11,14,18,23H,12-13,15-17H2,1H3,(H,30,31,32). The van der Waals surface area contributed by atoms with Crippen LogP contribution in [0.5, 0.6) is 0 Å². The molecule has 0 saturated carbocycles. The van der Waals surface area contributed by atoms with Gasteiger partial charge in [0.2, 0.25) is 5.91 Å². The maximum absolute atomic E-state index is 13.6. The fourth-order valence-electron chi connectivity index (χ4n) is 4.47. The van der Waals surface area contributed by atoms with Gasteiger partial charge in [-0.15, -0.1) is 11.3 Å². The fraction of sp³-hybridized carbons (Fsp3) is 0.250. The van der Waals surface area contributed by atoms with Gasteiger partial charge in [-0.1, -0.05) is 48.5 Å². The van der Waals surface area contributed by atoms with Crippen molar-refractivity contribution in [2.24, 2.45) is 0 Å². The van der Waals surface area contributed by atoms with E-state index in [9.17, 15) is 9.18 Å². The van der Waals surface area contributed by atoms with E-state index in [1.54, 1.807) is 35.9 Å². The molecule has 1 amide bonds. The molecule has 184 valence electrons. The number of nitrogens with zero attached hydrogens (tertiary/aromatic N) is 3. The molecule has 0 aliphatic carbocycles. The molecule has 1 aliphatic heterocycles. The second kappa shape index (κ2) is 11.0. The second-order valence-electron chi connectivity index (χ2n) is 8.67. The van der Waals surface area contributed by atoms with Crippen LogP contribution in [0.3, 0.4) is 0 Å². The molecule has 2 aromatic carbocycles. The third-order valence-corrected chi connectivity index (χ3v) is 7.34. The number of carbonyl (C=O) groups is 1. The van der Waals surface area contributed by atoms with Gasteiger partial charge in [-0.25, -0.2) is 14.4 Å². The number of nitrogens with one attached hydrogen (secondary N) is 1. The summed E-state index contributed by atoms with van der Waals surface area (Å²) in [6, 6.07) is 16.4. The van der Waals surface area contributed by atoms with Crippen LogP contribution < -0.4 is 5.32 Å². The minimum Gasteiger partial charge on any atom is -0.374 e. The lowest BCUT2D eigenvalue weighted by atomic mass is 10.0. The third kappa shape index (κ3) is 5.29. The summed E-state index contributed by atoms with van der Waals surface area (Å²) in [7, 11) is 0. The first-order chi connectivity index (χ1) is 17.6. The zero-order valence-electron chi connectivity index (χ0n) is 20.0. The van der Waals surface area contributed by atoms with Crippen molar-refractivity contribution < 1.29 is 13.9 Å². The van der Waals surface area contributed by atoms with Crippen LogP contribution in [-0.2, 0) is 29.1 Å². The summed E-state index contributed by atoms with van der Waals surface area (Å²) in [6.07, 6.45) is 5.72. The van der Waals surface area contributed by atoms with E-state index in [2.05, 4.69) is 27.4 Å². The number of aromatic nitrogens is 2.